The van der Waals surface area contributed by atoms with Crippen LogP contribution >= 0.6 is 23.2 Å². The van der Waals surface area contributed by atoms with Gasteiger partial charge in [0.25, 0.3) is 0 Å². The lowest BCUT2D eigenvalue weighted by atomic mass is 9.80. The molecule has 2 fully saturated rings. The summed E-state index contributed by atoms with van der Waals surface area (Å²) in [5.74, 6) is 2.03. The van der Waals surface area contributed by atoms with Gasteiger partial charge in [0.15, 0.2) is 0 Å². The van der Waals surface area contributed by atoms with Crippen molar-refractivity contribution in [3.05, 3.63) is 107 Å². The number of likely N-dealkylation sites (N-methyl/N-ethyl adjacent to an activating group) is 1. The molecule has 10 nitrogen and oxygen atoms in total. The maximum absolute atomic E-state index is 6.66. The number of rotatable bonds is 7. The summed E-state index contributed by atoms with van der Waals surface area (Å²) in [5.41, 5.74) is 11.0. The molecule has 6 aromatic rings. The van der Waals surface area contributed by atoms with Gasteiger partial charge >= 0.3 is 0 Å². The summed E-state index contributed by atoms with van der Waals surface area (Å²) in [7, 11) is 4.39. The van der Waals surface area contributed by atoms with Gasteiger partial charge in [0.05, 0.1) is 10.8 Å². The lowest BCUT2D eigenvalue weighted by Gasteiger charge is -2.47. The first kappa shape index (κ1) is 34.2. The van der Waals surface area contributed by atoms with Crippen molar-refractivity contribution in [3.63, 3.8) is 0 Å². The summed E-state index contributed by atoms with van der Waals surface area (Å²) < 4.78 is 0. The molecule has 50 heavy (non-hydrogen) atoms. The quantitative estimate of drug-likeness (QED) is 0.164. The molecule has 0 atom stereocenters. The van der Waals surface area contributed by atoms with Crippen molar-refractivity contribution in [2.75, 3.05) is 50.1 Å². The number of nitrogens with one attached hydrogen (secondary N) is 2. The molecule has 4 aromatic heterocycles. The first-order valence-electron chi connectivity index (χ1n) is 17.2. The number of H-pyrrole nitrogens is 2. The van der Waals surface area contributed by atoms with E-state index >= 15 is 0 Å². The standard InChI is InChI=1S/C20H24ClN5.C18H20ClN5/c1-25(2)20(13-15-3-5-16(21)6-4-15)8-11-26(12-9-20)19-17-7-10-22-18(17)23-14-24-19;19-14-3-1-13(2-4-14)11-18(20)6-9-24(10-7-18)17-15-5-8-21-16(15)22-12-23-17/h3-7,10,14H,8-9,11-13H2,1-2H3,(H,22,23,24);1-5,8,12H,6-7,9-11,20H2,(H,21,22,23). The van der Waals surface area contributed by atoms with E-state index < -0.39 is 0 Å². The van der Waals surface area contributed by atoms with Gasteiger partial charge < -0.3 is 30.4 Å². The minimum atomic E-state index is -0.172. The second-order valence-corrected chi connectivity index (χ2v) is 14.8. The summed E-state index contributed by atoms with van der Waals surface area (Å²) in [6.45, 7) is 3.79. The average molecular weight is 712 g/mol. The largest absolute Gasteiger partial charge is 0.356 e. The highest BCUT2D eigenvalue weighted by molar-refractivity contribution is 6.30. The molecule has 2 aromatic carbocycles. The first-order valence-corrected chi connectivity index (χ1v) is 18.0. The molecule has 4 N–H and O–H groups in total. The van der Waals surface area contributed by atoms with Crippen molar-refractivity contribution in [1.82, 2.24) is 34.8 Å². The first-order chi connectivity index (χ1) is 24.2. The van der Waals surface area contributed by atoms with Gasteiger partial charge in [-0.3, -0.25) is 0 Å². The lowest BCUT2D eigenvalue weighted by Crippen LogP contribution is -2.54. The molecule has 6 heterocycles. The predicted octanol–water partition coefficient (Wildman–Crippen LogP) is 6.91. The molecule has 0 spiro atoms. The van der Waals surface area contributed by atoms with Crippen molar-refractivity contribution in [1.29, 1.82) is 0 Å². The Bertz CT molecular complexity index is 2010. The van der Waals surface area contributed by atoms with Gasteiger partial charge in [-0.15, -0.1) is 0 Å². The van der Waals surface area contributed by atoms with Crippen LogP contribution < -0.4 is 15.5 Å². The normalized spacial score (nSPS) is 17.2. The second kappa shape index (κ2) is 14.6. The van der Waals surface area contributed by atoms with E-state index in [-0.39, 0.29) is 11.1 Å². The van der Waals surface area contributed by atoms with Crippen molar-refractivity contribution < 1.29 is 0 Å². The number of aromatic nitrogens is 6. The molecular weight excluding hydrogens is 667 g/mol. The van der Waals surface area contributed by atoms with E-state index in [1.54, 1.807) is 12.7 Å². The van der Waals surface area contributed by atoms with Crippen LogP contribution in [0.4, 0.5) is 11.6 Å². The number of aromatic amines is 2. The van der Waals surface area contributed by atoms with Crippen molar-refractivity contribution in [3.8, 4) is 0 Å². The van der Waals surface area contributed by atoms with Crippen LogP contribution in [0.2, 0.25) is 10.0 Å². The van der Waals surface area contributed by atoms with Gasteiger partial charge in [-0.25, -0.2) is 19.9 Å². The van der Waals surface area contributed by atoms with Gasteiger partial charge in [-0.1, -0.05) is 47.5 Å². The SMILES string of the molecule is CN(C)C1(Cc2ccc(Cl)cc2)CCN(c2ncnc3[nH]ccc23)CC1.NC1(Cc2ccc(Cl)cc2)CCN(c2ncnc3[nH]ccc23)CC1. The number of anilines is 2. The predicted molar refractivity (Wildman–Crippen MR) is 204 cm³/mol. The molecule has 2 aliphatic heterocycles. The highest BCUT2D eigenvalue weighted by Crippen LogP contribution is 2.35. The van der Waals surface area contributed by atoms with Crippen molar-refractivity contribution in [2.45, 2.75) is 49.6 Å². The molecule has 12 heteroatoms. The number of nitrogens with zero attached hydrogens (tertiary/aromatic N) is 7. The zero-order chi connectivity index (χ0) is 34.7. The number of nitrogens with two attached hydrogens (primary N) is 1. The molecule has 2 saturated heterocycles. The number of halogens is 2. The maximum atomic E-state index is 6.66. The van der Waals surface area contributed by atoms with E-state index in [1.807, 2.05) is 42.7 Å². The van der Waals surface area contributed by atoms with Crippen LogP contribution in [-0.2, 0) is 12.8 Å². The highest BCUT2D eigenvalue weighted by Gasteiger charge is 2.37. The van der Waals surface area contributed by atoms with E-state index in [2.05, 4.69) is 89.0 Å². The fourth-order valence-corrected chi connectivity index (χ4v) is 7.72. The van der Waals surface area contributed by atoms with Gasteiger partial charge in [0, 0.05) is 59.7 Å². The topological polar surface area (TPSA) is 119 Å². The fourth-order valence-electron chi connectivity index (χ4n) is 7.47. The van der Waals surface area contributed by atoms with Crippen LogP contribution in [0.5, 0.6) is 0 Å². The van der Waals surface area contributed by atoms with E-state index in [0.29, 0.717) is 0 Å². The molecular formula is C38H44Cl2N10. The Morgan fingerprint density at radius 1 is 0.640 bits per heavy atom. The maximum Gasteiger partial charge on any atom is 0.142 e. The van der Waals surface area contributed by atoms with Crippen LogP contribution in [0.25, 0.3) is 22.1 Å². The van der Waals surface area contributed by atoms with Crippen LogP contribution in [-0.4, -0.2) is 86.2 Å². The van der Waals surface area contributed by atoms with Crippen LogP contribution in [0, 0.1) is 0 Å². The van der Waals surface area contributed by atoms with Crippen LogP contribution in [0.15, 0.2) is 85.7 Å². The second-order valence-electron chi connectivity index (χ2n) is 13.9. The van der Waals surface area contributed by atoms with E-state index in [4.69, 9.17) is 28.9 Å². The highest BCUT2D eigenvalue weighted by atomic mass is 35.5. The van der Waals surface area contributed by atoms with Crippen molar-refractivity contribution in [2.24, 2.45) is 5.73 Å². The zero-order valence-electron chi connectivity index (χ0n) is 28.6. The number of hydrogen-bond donors (Lipinski definition) is 3. The Morgan fingerprint density at radius 3 is 1.54 bits per heavy atom. The number of hydrogen-bond acceptors (Lipinski definition) is 8. The molecule has 2 aliphatic rings. The molecule has 8 rings (SSSR count). The van der Waals surface area contributed by atoms with Gasteiger partial charge in [0.1, 0.15) is 35.6 Å². The van der Waals surface area contributed by atoms with Crippen LogP contribution in [0.3, 0.4) is 0 Å². The third-order valence-corrected chi connectivity index (χ3v) is 11.1. The molecule has 0 aliphatic carbocycles. The van der Waals surface area contributed by atoms with E-state index in [9.17, 15) is 0 Å². The molecule has 0 bridgehead atoms. The minimum absolute atomic E-state index is 0.161. The smallest absolute Gasteiger partial charge is 0.142 e. The molecule has 0 radical (unpaired) electrons. The third-order valence-electron chi connectivity index (χ3n) is 10.6. The minimum Gasteiger partial charge on any atom is -0.356 e. The van der Waals surface area contributed by atoms with E-state index in [0.717, 1.165) is 108 Å². The third kappa shape index (κ3) is 7.44. The number of fused-ring (bicyclic) bond motifs is 2. The van der Waals surface area contributed by atoms with Gasteiger partial charge in [-0.2, -0.15) is 0 Å². The summed E-state index contributed by atoms with van der Waals surface area (Å²) in [6, 6.07) is 20.3. The molecule has 0 amide bonds. The number of benzene rings is 2. The summed E-state index contributed by atoms with van der Waals surface area (Å²) in [6.07, 6.45) is 13.1. The lowest BCUT2D eigenvalue weighted by molar-refractivity contribution is 0.116. The summed E-state index contributed by atoms with van der Waals surface area (Å²) >= 11 is 12.0. The monoisotopic (exact) mass is 710 g/mol. The summed E-state index contributed by atoms with van der Waals surface area (Å²) in [4.78, 5) is 31.0. The van der Waals surface area contributed by atoms with Gasteiger partial charge in [0.2, 0.25) is 0 Å². The molecule has 260 valence electrons. The van der Waals surface area contributed by atoms with Crippen molar-refractivity contribution >= 4 is 56.9 Å². The Labute approximate surface area is 303 Å². The molecule has 0 unspecified atom stereocenters. The average Bonchev–Trinajstić information content (AvgIpc) is 3.82. The Morgan fingerprint density at radius 2 is 1.08 bits per heavy atom. The Kier molecular flexibility index (Phi) is 9.97. The van der Waals surface area contributed by atoms with Gasteiger partial charge in [-0.05, 0) is 100 Å². The van der Waals surface area contributed by atoms with Crippen LogP contribution in [0.1, 0.15) is 36.8 Å². The number of piperidine rings is 2. The Hall–Kier alpha value is -4.22. The fraction of sp³-hybridized carbons (Fsp3) is 0.368. The Balaban J connectivity index is 0.000000157. The van der Waals surface area contributed by atoms with E-state index in [1.165, 1.54) is 11.1 Å². The summed E-state index contributed by atoms with van der Waals surface area (Å²) in [5, 5.41) is 3.72. The zero-order valence-corrected chi connectivity index (χ0v) is 30.1. The molecule has 0 saturated carbocycles.